The normalized spacial score (nSPS) is 10.7. The van der Waals surface area contributed by atoms with E-state index in [4.69, 9.17) is 16.7 Å². The highest BCUT2D eigenvalue weighted by Crippen LogP contribution is 2.14. The fourth-order valence-corrected chi connectivity index (χ4v) is 2.07. The first-order valence-corrected chi connectivity index (χ1v) is 6.39. The van der Waals surface area contributed by atoms with Crippen molar-refractivity contribution >= 4 is 11.6 Å². The molecule has 2 N–H and O–H groups in total. The fraction of sp³-hybridized carbons (Fsp3) is 0.200. The van der Waals surface area contributed by atoms with E-state index in [2.05, 4.69) is 5.32 Å². The molecule has 2 aromatic rings. The lowest BCUT2D eigenvalue weighted by Crippen LogP contribution is -2.12. The van der Waals surface area contributed by atoms with Gasteiger partial charge in [0.25, 0.3) is 0 Å². The average Bonchev–Trinajstić information content (AvgIpc) is 2.38. The molecule has 0 aromatic heterocycles. The van der Waals surface area contributed by atoms with Gasteiger partial charge in [-0.1, -0.05) is 35.9 Å². The van der Waals surface area contributed by atoms with Gasteiger partial charge in [-0.2, -0.15) is 0 Å². The number of hydrogen-bond donors (Lipinski definition) is 2. The van der Waals surface area contributed by atoms with E-state index in [-0.39, 0.29) is 12.4 Å². The van der Waals surface area contributed by atoms with Crippen LogP contribution in [0, 0.1) is 5.82 Å². The summed E-state index contributed by atoms with van der Waals surface area (Å²) in [6.45, 7) is 1.29. The Balaban J connectivity index is 1.88. The molecule has 0 amide bonds. The first-order chi connectivity index (χ1) is 9.17. The van der Waals surface area contributed by atoms with Crippen LogP contribution in [0.2, 0.25) is 5.02 Å². The van der Waals surface area contributed by atoms with Crippen molar-refractivity contribution in [1.82, 2.24) is 5.32 Å². The number of aliphatic hydroxyl groups is 1. The Morgan fingerprint density at radius 3 is 2.21 bits per heavy atom. The molecule has 2 nitrogen and oxygen atoms in total. The number of aliphatic hydroxyl groups excluding tert-OH is 1. The molecule has 0 radical (unpaired) electrons. The summed E-state index contributed by atoms with van der Waals surface area (Å²) < 4.78 is 13.1. The van der Waals surface area contributed by atoms with Gasteiger partial charge in [0.15, 0.2) is 0 Å². The van der Waals surface area contributed by atoms with E-state index in [1.807, 2.05) is 24.3 Å². The van der Waals surface area contributed by atoms with E-state index in [0.717, 1.165) is 16.7 Å². The molecule has 0 saturated carbocycles. The summed E-state index contributed by atoms with van der Waals surface area (Å²) in [4.78, 5) is 0. The molecular formula is C15H15ClFNO. The maximum absolute atomic E-state index is 13.1. The van der Waals surface area contributed by atoms with Gasteiger partial charge in [0.1, 0.15) is 5.82 Å². The number of benzene rings is 2. The van der Waals surface area contributed by atoms with Crippen LogP contribution >= 0.6 is 11.6 Å². The van der Waals surface area contributed by atoms with Crippen LogP contribution < -0.4 is 5.32 Å². The van der Waals surface area contributed by atoms with Crippen molar-refractivity contribution in [3.63, 3.8) is 0 Å². The van der Waals surface area contributed by atoms with Gasteiger partial charge in [-0.25, -0.2) is 4.39 Å². The minimum atomic E-state index is -0.323. The fourth-order valence-electron chi connectivity index (χ4n) is 1.83. The van der Waals surface area contributed by atoms with Crippen LogP contribution in [0.3, 0.4) is 0 Å². The van der Waals surface area contributed by atoms with Crippen LogP contribution in [-0.4, -0.2) is 5.11 Å². The predicted octanol–water partition coefficient (Wildman–Crippen LogP) is 3.26. The molecule has 0 atom stereocenters. The Bertz CT molecular complexity index is 522. The molecule has 100 valence electrons. The third-order valence-electron chi connectivity index (χ3n) is 2.79. The second-order valence-corrected chi connectivity index (χ2v) is 4.79. The molecule has 0 spiro atoms. The van der Waals surface area contributed by atoms with E-state index < -0.39 is 0 Å². The zero-order valence-electron chi connectivity index (χ0n) is 10.4. The second kappa shape index (κ2) is 6.66. The lowest BCUT2D eigenvalue weighted by Gasteiger charge is -2.06. The zero-order valence-corrected chi connectivity index (χ0v) is 11.1. The van der Waals surface area contributed by atoms with Gasteiger partial charge in [-0.15, -0.1) is 0 Å². The SMILES string of the molecule is OCc1ccc(CNCc2cc(F)cc(Cl)c2)cc1. The summed E-state index contributed by atoms with van der Waals surface area (Å²) in [5, 5.41) is 12.6. The van der Waals surface area contributed by atoms with Gasteiger partial charge < -0.3 is 10.4 Å². The lowest BCUT2D eigenvalue weighted by molar-refractivity contribution is 0.282. The van der Waals surface area contributed by atoms with Crippen molar-refractivity contribution in [2.24, 2.45) is 0 Å². The van der Waals surface area contributed by atoms with Crippen LogP contribution in [0.25, 0.3) is 0 Å². The topological polar surface area (TPSA) is 32.3 Å². The highest BCUT2D eigenvalue weighted by molar-refractivity contribution is 6.30. The van der Waals surface area contributed by atoms with Gasteiger partial charge in [0.2, 0.25) is 0 Å². The monoisotopic (exact) mass is 279 g/mol. The summed E-state index contributed by atoms with van der Waals surface area (Å²) in [5.74, 6) is -0.323. The molecule has 0 aliphatic rings. The molecule has 0 unspecified atom stereocenters. The van der Waals surface area contributed by atoms with E-state index in [0.29, 0.717) is 18.1 Å². The summed E-state index contributed by atoms with van der Waals surface area (Å²) in [7, 11) is 0. The van der Waals surface area contributed by atoms with E-state index in [1.54, 1.807) is 6.07 Å². The summed E-state index contributed by atoms with van der Waals surface area (Å²) in [6, 6.07) is 12.2. The van der Waals surface area contributed by atoms with Crippen molar-refractivity contribution < 1.29 is 9.50 Å². The Labute approximate surface area is 116 Å². The van der Waals surface area contributed by atoms with Crippen molar-refractivity contribution in [2.45, 2.75) is 19.7 Å². The van der Waals surface area contributed by atoms with Crippen molar-refractivity contribution in [3.05, 3.63) is 70.0 Å². The molecule has 0 heterocycles. The van der Waals surface area contributed by atoms with Gasteiger partial charge in [0.05, 0.1) is 6.61 Å². The highest BCUT2D eigenvalue weighted by atomic mass is 35.5. The maximum atomic E-state index is 13.1. The van der Waals surface area contributed by atoms with Crippen LogP contribution in [0.1, 0.15) is 16.7 Å². The van der Waals surface area contributed by atoms with Crippen LogP contribution in [0.5, 0.6) is 0 Å². The standard InChI is InChI=1S/C15H15ClFNO/c16-14-5-13(6-15(17)7-14)9-18-8-11-1-3-12(10-19)4-2-11/h1-7,18-19H,8-10H2. The Hall–Kier alpha value is -1.42. The van der Waals surface area contributed by atoms with Crippen LogP contribution in [0.4, 0.5) is 4.39 Å². The maximum Gasteiger partial charge on any atom is 0.125 e. The highest BCUT2D eigenvalue weighted by Gasteiger charge is 1.99. The number of nitrogens with one attached hydrogen (secondary N) is 1. The third kappa shape index (κ3) is 4.31. The lowest BCUT2D eigenvalue weighted by atomic mass is 10.1. The Morgan fingerprint density at radius 1 is 0.947 bits per heavy atom. The molecule has 0 saturated heterocycles. The van der Waals surface area contributed by atoms with E-state index >= 15 is 0 Å². The smallest absolute Gasteiger partial charge is 0.125 e. The van der Waals surface area contributed by atoms with Crippen molar-refractivity contribution in [2.75, 3.05) is 0 Å². The van der Waals surface area contributed by atoms with Crippen molar-refractivity contribution in [3.8, 4) is 0 Å². The Kier molecular flexibility index (Phi) is 4.91. The molecule has 2 rings (SSSR count). The zero-order chi connectivity index (χ0) is 13.7. The average molecular weight is 280 g/mol. The van der Waals surface area contributed by atoms with Crippen molar-refractivity contribution in [1.29, 1.82) is 0 Å². The molecule has 0 fully saturated rings. The first-order valence-electron chi connectivity index (χ1n) is 6.02. The van der Waals surface area contributed by atoms with E-state index in [1.165, 1.54) is 12.1 Å². The van der Waals surface area contributed by atoms with Gasteiger partial charge >= 0.3 is 0 Å². The molecule has 19 heavy (non-hydrogen) atoms. The predicted molar refractivity (Wildman–Crippen MR) is 74.3 cm³/mol. The Morgan fingerprint density at radius 2 is 1.58 bits per heavy atom. The van der Waals surface area contributed by atoms with Gasteiger partial charge in [-0.05, 0) is 34.9 Å². The van der Waals surface area contributed by atoms with Gasteiger partial charge in [0, 0.05) is 18.1 Å². The van der Waals surface area contributed by atoms with Crippen LogP contribution in [0.15, 0.2) is 42.5 Å². The number of hydrogen-bond acceptors (Lipinski definition) is 2. The minimum absolute atomic E-state index is 0.0511. The van der Waals surface area contributed by atoms with E-state index in [9.17, 15) is 4.39 Å². The molecule has 0 bridgehead atoms. The summed E-state index contributed by atoms with van der Waals surface area (Å²) in [5.41, 5.74) is 2.82. The van der Waals surface area contributed by atoms with Gasteiger partial charge in [-0.3, -0.25) is 0 Å². The summed E-state index contributed by atoms with van der Waals surface area (Å²) >= 11 is 5.79. The first kappa shape index (κ1) is 14.0. The minimum Gasteiger partial charge on any atom is -0.392 e. The number of rotatable bonds is 5. The molecule has 0 aliphatic heterocycles. The quantitative estimate of drug-likeness (QED) is 0.880. The second-order valence-electron chi connectivity index (χ2n) is 4.36. The largest absolute Gasteiger partial charge is 0.392 e. The molecular weight excluding hydrogens is 265 g/mol. The van der Waals surface area contributed by atoms with Crippen LogP contribution in [-0.2, 0) is 19.7 Å². The molecule has 4 heteroatoms. The third-order valence-corrected chi connectivity index (χ3v) is 3.00. The number of halogens is 2. The summed E-state index contributed by atoms with van der Waals surface area (Å²) in [6.07, 6.45) is 0. The molecule has 2 aromatic carbocycles. The molecule has 0 aliphatic carbocycles.